The number of tetrazole rings is 1. The number of para-hydroxylation sites is 1. The van der Waals surface area contributed by atoms with Crippen molar-refractivity contribution in [2.24, 2.45) is 7.05 Å². The van der Waals surface area contributed by atoms with Crippen LogP contribution in [-0.4, -0.2) is 27.3 Å². The number of halogens is 1. The fraction of sp³-hybridized carbons (Fsp3) is 0.235. The Kier molecular flexibility index (Phi) is 5.35. The molecule has 8 heteroatoms. The molecule has 0 bridgehead atoms. The summed E-state index contributed by atoms with van der Waals surface area (Å²) in [7, 11) is 3.39. The van der Waals surface area contributed by atoms with Crippen LogP contribution in [0.25, 0.3) is 0 Å². The van der Waals surface area contributed by atoms with Gasteiger partial charge in [0, 0.05) is 24.2 Å². The highest BCUT2D eigenvalue weighted by atomic mass is 35.5. The molecule has 1 aromatic heterocycles. The van der Waals surface area contributed by atoms with Gasteiger partial charge in [0.15, 0.2) is 11.5 Å². The Bertz CT molecular complexity index is 835. The third-order valence-electron chi connectivity index (χ3n) is 3.63. The van der Waals surface area contributed by atoms with E-state index in [0.29, 0.717) is 35.6 Å². The van der Waals surface area contributed by atoms with Crippen molar-refractivity contribution in [3.05, 3.63) is 58.6 Å². The number of hydrogen-bond acceptors (Lipinski definition) is 6. The lowest BCUT2D eigenvalue weighted by atomic mass is 10.1. The van der Waals surface area contributed by atoms with E-state index in [1.54, 1.807) is 18.8 Å². The second-order valence-electron chi connectivity index (χ2n) is 5.34. The minimum absolute atomic E-state index is 0.413. The first-order chi connectivity index (χ1) is 12.2. The molecule has 0 fully saturated rings. The highest BCUT2D eigenvalue weighted by Gasteiger charge is 2.12. The normalized spacial score (nSPS) is 10.5. The molecule has 0 aliphatic heterocycles. The van der Waals surface area contributed by atoms with E-state index >= 15 is 0 Å². The third kappa shape index (κ3) is 4.19. The summed E-state index contributed by atoms with van der Waals surface area (Å²) in [5.41, 5.74) is 1.96. The first-order valence-electron chi connectivity index (χ1n) is 7.66. The van der Waals surface area contributed by atoms with Crippen LogP contribution in [0.4, 0.5) is 5.95 Å². The number of aryl methyl sites for hydroxylation is 1. The van der Waals surface area contributed by atoms with Crippen LogP contribution in [-0.2, 0) is 20.2 Å². The number of ether oxygens (including phenoxy) is 2. The standard InChI is InChI=1S/C17H18ClN5O2/c1-23-17(20-21-22-23)19-10-13-4-3-5-15(24-2)16(13)25-11-12-6-8-14(18)9-7-12/h3-9H,10-11H2,1-2H3,(H,19,20,22). The predicted octanol–water partition coefficient (Wildman–Crippen LogP) is 3.06. The van der Waals surface area contributed by atoms with Crippen molar-refractivity contribution in [1.29, 1.82) is 0 Å². The Morgan fingerprint density at radius 1 is 1.16 bits per heavy atom. The molecule has 25 heavy (non-hydrogen) atoms. The van der Waals surface area contributed by atoms with E-state index in [1.807, 2.05) is 42.5 Å². The molecule has 7 nitrogen and oxygen atoms in total. The van der Waals surface area contributed by atoms with Gasteiger partial charge in [-0.2, -0.15) is 0 Å². The molecule has 2 aromatic carbocycles. The van der Waals surface area contributed by atoms with Gasteiger partial charge in [-0.15, -0.1) is 0 Å². The molecule has 3 aromatic rings. The number of benzene rings is 2. The van der Waals surface area contributed by atoms with Crippen molar-refractivity contribution < 1.29 is 9.47 Å². The SMILES string of the molecule is COc1cccc(CNc2nnnn2C)c1OCc1ccc(Cl)cc1. The van der Waals surface area contributed by atoms with Crippen LogP contribution in [0.2, 0.25) is 5.02 Å². The number of nitrogens with zero attached hydrogens (tertiary/aromatic N) is 4. The van der Waals surface area contributed by atoms with Crippen LogP contribution in [0.3, 0.4) is 0 Å². The molecular weight excluding hydrogens is 342 g/mol. The average Bonchev–Trinajstić information content (AvgIpc) is 3.04. The van der Waals surface area contributed by atoms with Crippen LogP contribution < -0.4 is 14.8 Å². The second-order valence-corrected chi connectivity index (χ2v) is 5.78. The van der Waals surface area contributed by atoms with Crippen molar-refractivity contribution in [3.8, 4) is 11.5 Å². The summed E-state index contributed by atoms with van der Waals surface area (Å²) in [6.07, 6.45) is 0. The lowest BCUT2D eigenvalue weighted by molar-refractivity contribution is 0.281. The molecule has 0 atom stereocenters. The van der Waals surface area contributed by atoms with Gasteiger partial charge in [0.05, 0.1) is 7.11 Å². The Labute approximate surface area is 150 Å². The van der Waals surface area contributed by atoms with E-state index in [0.717, 1.165) is 11.1 Å². The second kappa shape index (κ2) is 7.85. The molecule has 0 saturated heterocycles. The zero-order valence-corrected chi connectivity index (χ0v) is 14.7. The number of nitrogens with one attached hydrogen (secondary N) is 1. The number of rotatable bonds is 7. The predicted molar refractivity (Wildman–Crippen MR) is 94.9 cm³/mol. The molecule has 0 aliphatic carbocycles. The molecule has 0 amide bonds. The molecule has 130 valence electrons. The monoisotopic (exact) mass is 359 g/mol. The van der Waals surface area contributed by atoms with Crippen LogP contribution in [0, 0.1) is 0 Å². The maximum absolute atomic E-state index is 6.02. The Balaban J connectivity index is 1.76. The lowest BCUT2D eigenvalue weighted by Gasteiger charge is -2.15. The van der Waals surface area contributed by atoms with Gasteiger partial charge in [-0.3, -0.25) is 0 Å². The van der Waals surface area contributed by atoms with Gasteiger partial charge in [0.25, 0.3) is 0 Å². The first kappa shape index (κ1) is 17.0. The first-order valence-corrected chi connectivity index (χ1v) is 8.04. The molecule has 3 rings (SSSR count). The summed E-state index contributed by atoms with van der Waals surface area (Å²) >= 11 is 5.92. The molecule has 1 heterocycles. The Morgan fingerprint density at radius 3 is 2.64 bits per heavy atom. The number of methoxy groups -OCH3 is 1. The molecule has 0 spiro atoms. The van der Waals surface area contributed by atoms with Crippen LogP contribution in [0.1, 0.15) is 11.1 Å². The number of hydrogen-bond donors (Lipinski definition) is 1. The summed E-state index contributed by atoms with van der Waals surface area (Å²) in [6, 6.07) is 13.3. The zero-order chi connectivity index (χ0) is 17.6. The number of anilines is 1. The minimum Gasteiger partial charge on any atom is -0.493 e. The summed E-state index contributed by atoms with van der Waals surface area (Å²) in [5, 5.41) is 15.2. The average molecular weight is 360 g/mol. The number of aromatic nitrogens is 4. The molecule has 0 saturated carbocycles. The maximum Gasteiger partial charge on any atom is 0.242 e. The molecule has 0 unspecified atom stereocenters. The Hall–Kier alpha value is -2.80. The van der Waals surface area contributed by atoms with E-state index in [4.69, 9.17) is 21.1 Å². The van der Waals surface area contributed by atoms with Crippen LogP contribution >= 0.6 is 11.6 Å². The van der Waals surface area contributed by atoms with E-state index in [2.05, 4.69) is 20.8 Å². The largest absolute Gasteiger partial charge is 0.493 e. The highest BCUT2D eigenvalue weighted by Crippen LogP contribution is 2.32. The molecular formula is C17H18ClN5O2. The van der Waals surface area contributed by atoms with Crippen LogP contribution in [0.15, 0.2) is 42.5 Å². The third-order valence-corrected chi connectivity index (χ3v) is 3.89. The van der Waals surface area contributed by atoms with Gasteiger partial charge in [0.2, 0.25) is 5.95 Å². The molecule has 0 aliphatic rings. The van der Waals surface area contributed by atoms with Crippen molar-refractivity contribution in [3.63, 3.8) is 0 Å². The highest BCUT2D eigenvalue weighted by molar-refractivity contribution is 6.30. The summed E-state index contributed by atoms with van der Waals surface area (Å²) in [5.74, 6) is 1.93. The van der Waals surface area contributed by atoms with Gasteiger partial charge >= 0.3 is 0 Å². The van der Waals surface area contributed by atoms with E-state index in [9.17, 15) is 0 Å². The maximum atomic E-state index is 6.02. The van der Waals surface area contributed by atoms with Crippen molar-refractivity contribution in [1.82, 2.24) is 20.2 Å². The zero-order valence-electron chi connectivity index (χ0n) is 13.9. The van der Waals surface area contributed by atoms with Crippen molar-refractivity contribution >= 4 is 17.5 Å². The topological polar surface area (TPSA) is 74.1 Å². The fourth-order valence-electron chi connectivity index (χ4n) is 2.31. The lowest BCUT2D eigenvalue weighted by Crippen LogP contribution is -2.08. The molecule has 1 N–H and O–H groups in total. The summed E-state index contributed by atoms with van der Waals surface area (Å²) < 4.78 is 13.0. The van der Waals surface area contributed by atoms with Gasteiger partial charge in [-0.05, 0) is 34.2 Å². The smallest absolute Gasteiger partial charge is 0.242 e. The van der Waals surface area contributed by atoms with E-state index < -0.39 is 0 Å². The van der Waals surface area contributed by atoms with Gasteiger partial charge < -0.3 is 14.8 Å². The fourth-order valence-corrected chi connectivity index (χ4v) is 2.44. The summed E-state index contributed by atoms with van der Waals surface area (Å²) in [4.78, 5) is 0. The van der Waals surface area contributed by atoms with Crippen molar-refractivity contribution in [2.75, 3.05) is 12.4 Å². The van der Waals surface area contributed by atoms with Gasteiger partial charge in [0.1, 0.15) is 6.61 Å². The van der Waals surface area contributed by atoms with Crippen molar-refractivity contribution in [2.45, 2.75) is 13.2 Å². The minimum atomic E-state index is 0.413. The van der Waals surface area contributed by atoms with Gasteiger partial charge in [-0.25, -0.2) is 4.68 Å². The molecule has 0 radical (unpaired) electrons. The van der Waals surface area contributed by atoms with E-state index in [1.165, 1.54) is 0 Å². The Morgan fingerprint density at radius 2 is 1.96 bits per heavy atom. The van der Waals surface area contributed by atoms with E-state index in [-0.39, 0.29) is 0 Å². The summed E-state index contributed by atoms with van der Waals surface area (Å²) in [6.45, 7) is 0.914. The van der Waals surface area contributed by atoms with Crippen LogP contribution in [0.5, 0.6) is 11.5 Å². The van der Waals surface area contributed by atoms with Gasteiger partial charge in [-0.1, -0.05) is 41.0 Å². The quantitative estimate of drug-likeness (QED) is 0.698.